The number of fused-ring (bicyclic) bond motifs is 2. The Morgan fingerprint density at radius 1 is 1.05 bits per heavy atom. The molecule has 0 radical (unpaired) electrons. The van der Waals surface area contributed by atoms with Gasteiger partial charge >= 0.3 is 6.03 Å². The predicted molar refractivity (Wildman–Crippen MR) is 155 cm³/mol. The molecule has 0 saturated carbocycles. The lowest BCUT2D eigenvalue weighted by Crippen LogP contribution is -2.54. The van der Waals surface area contributed by atoms with Gasteiger partial charge in [0.25, 0.3) is 5.91 Å². The largest absolute Gasteiger partial charge is 0.490 e. The minimum absolute atomic E-state index is 0.0662. The van der Waals surface area contributed by atoms with Crippen LogP contribution in [0.3, 0.4) is 0 Å². The number of aromatic nitrogens is 1. The summed E-state index contributed by atoms with van der Waals surface area (Å²) < 4.78 is 12.3. The number of halogens is 1. The van der Waals surface area contributed by atoms with Crippen LogP contribution in [0.2, 0.25) is 5.02 Å². The number of hydrogen-bond acceptors (Lipinski definition) is 6. The molecule has 3 aromatic rings. The van der Waals surface area contributed by atoms with Gasteiger partial charge in [0.05, 0.1) is 24.1 Å². The van der Waals surface area contributed by atoms with Crippen molar-refractivity contribution in [1.82, 2.24) is 15.2 Å². The van der Waals surface area contributed by atoms with Gasteiger partial charge in [-0.1, -0.05) is 17.7 Å². The highest BCUT2D eigenvalue weighted by atomic mass is 35.5. The number of pyridine rings is 1. The standard InChI is InChI=1S/C30H32ClN5O5/c1-36-25-7-6-23(17-28(37)33-14-11-19-9-12-32-13-10-19)41-27(25)18-40-26-8-5-22(16-24(26)29(36)38)35-30(39)34-21-4-2-3-20(31)15-21/h2-5,8-10,12-13,15-16,23,25,27H,6-7,11,14,17-18H2,1H3,(H,33,37)(H2,34,35,39)/t23-,25+,27-/m0/s1. The lowest BCUT2D eigenvalue weighted by Gasteiger charge is -2.42. The van der Waals surface area contributed by atoms with Gasteiger partial charge in [-0.3, -0.25) is 14.6 Å². The lowest BCUT2D eigenvalue weighted by molar-refractivity contribution is -0.134. The van der Waals surface area contributed by atoms with Crippen LogP contribution in [0.25, 0.3) is 0 Å². The Morgan fingerprint density at radius 2 is 1.83 bits per heavy atom. The summed E-state index contributed by atoms with van der Waals surface area (Å²) in [5, 5.41) is 8.94. The third kappa shape index (κ3) is 7.33. The number of carbonyl (C=O) groups excluding carboxylic acids is 3. The molecule has 3 N–H and O–H groups in total. The molecule has 41 heavy (non-hydrogen) atoms. The van der Waals surface area contributed by atoms with Gasteiger partial charge in [0, 0.05) is 42.4 Å². The second kappa shape index (κ2) is 13.0. The molecule has 0 aliphatic carbocycles. The summed E-state index contributed by atoms with van der Waals surface area (Å²) in [6, 6.07) is 14.9. The summed E-state index contributed by atoms with van der Waals surface area (Å²) in [6.07, 6.45) is 5.15. The molecule has 0 unspecified atom stereocenters. The highest BCUT2D eigenvalue weighted by molar-refractivity contribution is 6.30. The van der Waals surface area contributed by atoms with Crippen molar-refractivity contribution in [3.05, 3.63) is 83.1 Å². The number of likely N-dealkylation sites (N-methyl/N-ethyl adjacent to an activating group) is 1. The van der Waals surface area contributed by atoms with E-state index in [4.69, 9.17) is 21.1 Å². The van der Waals surface area contributed by atoms with Crippen LogP contribution >= 0.6 is 11.6 Å². The molecule has 0 spiro atoms. The van der Waals surface area contributed by atoms with Crippen molar-refractivity contribution >= 4 is 40.8 Å². The molecular weight excluding hydrogens is 546 g/mol. The summed E-state index contributed by atoms with van der Waals surface area (Å²) in [5.41, 5.74) is 2.45. The van der Waals surface area contributed by atoms with Gasteiger partial charge in [-0.25, -0.2) is 4.79 Å². The van der Waals surface area contributed by atoms with Crippen LogP contribution in [-0.2, 0) is 16.0 Å². The first-order valence-electron chi connectivity index (χ1n) is 13.5. The molecule has 3 atom stereocenters. The molecule has 214 valence electrons. The molecule has 1 aromatic heterocycles. The summed E-state index contributed by atoms with van der Waals surface area (Å²) in [4.78, 5) is 44.2. The topological polar surface area (TPSA) is 122 Å². The van der Waals surface area contributed by atoms with Crippen LogP contribution in [0, 0.1) is 0 Å². The SMILES string of the molecule is CN1C(=O)c2cc(NC(=O)Nc3cccc(Cl)c3)ccc2OC[C@@H]2O[C@H](CC(=O)NCCc3ccncc3)CC[C@H]21. The van der Waals surface area contributed by atoms with E-state index < -0.39 is 6.03 Å². The number of nitrogens with one attached hydrogen (secondary N) is 3. The number of anilines is 2. The maximum atomic E-state index is 13.5. The Hall–Kier alpha value is -4.15. The van der Waals surface area contributed by atoms with Crippen molar-refractivity contribution in [3.63, 3.8) is 0 Å². The molecule has 1 saturated heterocycles. The maximum Gasteiger partial charge on any atom is 0.323 e. The minimum Gasteiger partial charge on any atom is -0.490 e. The van der Waals surface area contributed by atoms with Crippen LogP contribution < -0.4 is 20.7 Å². The number of urea groups is 1. The van der Waals surface area contributed by atoms with E-state index in [2.05, 4.69) is 20.9 Å². The van der Waals surface area contributed by atoms with E-state index >= 15 is 0 Å². The highest BCUT2D eigenvalue weighted by Gasteiger charge is 2.39. The van der Waals surface area contributed by atoms with Gasteiger partial charge in [-0.05, 0) is 73.4 Å². The molecule has 2 aromatic carbocycles. The number of rotatable bonds is 7. The fourth-order valence-electron chi connectivity index (χ4n) is 5.14. The first-order valence-corrected chi connectivity index (χ1v) is 13.9. The summed E-state index contributed by atoms with van der Waals surface area (Å²) >= 11 is 5.99. The van der Waals surface area contributed by atoms with Crippen LogP contribution in [-0.4, -0.2) is 66.2 Å². The van der Waals surface area contributed by atoms with E-state index in [0.29, 0.717) is 47.1 Å². The number of hydrogen-bond donors (Lipinski definition) is 3. The van der Waals surface area contributed by atoms with E-state index in [9.17, 15) is 14.4 Å². The molecule has 1 fully saturated rings. The van der Waals surface area contributed by atoms with E-state index in [0.717, 1.165) is 12.0 Å². The van der Waals surface area contributed by atoms with E-state index in [-0.39, 0.29) is 43.1 Å². The third-order valence-corrected chi connectivity index (χ3v) is 7.49. The molecule has 10 nitrogen and oxygen atoms in total. The Balaban J connectivity index is 1.17. The second-order valence-electron chi connectivity index (χ2n) is 10.1. The second-order valence-corrected chi connectivity index (χ2v) is 10.6. The Morgan fingerprint density at radius 3 is 2.61 bits per heavy atom. The van der Waals surface area contributed by atoms with E-state index in [1.165, 1.54) is 0 Å². The first-order chi connectivity index (χ1) is 19.9. The molecule has 4 amide bonds. The Bertz CT molecular complexity index is 1410. The fourth-order valence-corrected chi connectivity index (χ4v) is 5.33. The normalized spacial score (nSPS) is 20.0. The zero-order valence-electron chi connectivity index (χ0n) is 22.6. The van der Waals surface area contributed by atoms with Crippen molar-refractivity contribution in [2.75, 3.05) is 30.8 Å². The minimum atomic E-state index is -0.465. The van der Waals surface area contributed by atoms with Gasteiger partial charge in [-0.15, -0.1) is 0 Å². The average molecular weight is 578 g/mol. The average Bonchev–Trinajstić information content (AvgIpc) is 2.96. The molecule has 2 aliphatic heterocycles. The van der Waals surface area contributed by atoms with Crippen molar-refractivity contribution in [2.45, 2.75) is 43.9 Å². The quantitative estimate of drug-likeness (QED) is 0.380. The van der Waals surface area contributed by atoms with Crippen LogP contribution in [0.15, 0.2) is 67.0 Å². The van der Waals surface area contributed by atoms with Gasteiger partial charge in [0.1, 0.15) is 18.5 Å². The molecule has 2 aliphatic rings. The zero-order chi connectivity index (χ0) is 28.8. The van der Waals surface area contributed by atoms with Crippen molar-refractivity contribution < 1.29 is 23.9 Å². The third-order valence-electron chi connectivity index (χ3n) is 7.25. The number of carbonyl (C=O) groups is 3. The van der Waals surface area contributed by atoms with Crippen LogP contribution in [0.1, 0.15) is 35.2 Å². The molecule has 5 rings (SSSR count). The summed E-state index contributed by atoms with van der Waals surface area (Å²) in [6.45, 7) is 0.773. The molecule has 11 heteroatoms. The van der Waals surface area contributed by atoms with Crippen molar-refractivity contribution in [3.8, 4) is 5.75 Å². The van der Waals surface area contributed by atoms with Crippen molar-refractivity contribution in [1.29, 1.82) is 0 Å². The molecule has 3 heterocycles. The number of benzene rings is 2. The number of nitrogens with zero attached hydrogens (tertiary/aromatic N) is 2. The highest BCUT2D eigenvalue weighted by Crippen LogP contribution is 2.32. The van der Waals surface area contributed by atoms with E-state index in [1.54, 1.807) is 66.8 Å². The smallest absolute Gasteiger partial charge is 0.323 e. The first kappa shape index (κ1) is 28.4. The van der Waals surface area contributed by atoms with Gasteiger partial charge in [0.15, 0.2) is 0 Å². The van der Waals surface area contributed by atoms with Crippen LogP contribution in [0.5, 0.6) is 5.75 Å². The Kier molecular flexibility index (Phi) is 9.01. The zero-order valence-corrected chi connectivity index (χ0v) is 23.4. The van der Waals surface area contributed by atoms with Gasteiger partial charge in [0.2, 0.25) is 5.91 Å². The Labute approximate surface area is 243 Å². The molecular formula is C30H32ClN5O5. The maximum absolute atomic E-state index is 13.5. The van der Waals surface area contributed by atoms with E-state index in [1.807, 2.05) is 12.1 Å². The molecule has 0 bridgehead atoms. The predicted octanol–water partition coefficient (Wildman–Crippen LogP) is 4.51. The van der Waals surface area contributed by atoms with Gasteiger partial charge in [-0.2, -0.15) is 0 Å². The lowest BCUT2D eigenvalue weighted by atomic mass is 9.94. The number of amides is 4. The monoisotopic (exact) mass is 577 g/mol. The van der Waals surface area contributed by atoms with Crippen LogP contribution in [0.4, 0.5) is 16.2 Å². The van der Waals surface area contributed by atoms with Gasteiger partial charge < -0.3 is 30.3 Å². The summed E-state index contributed by atoms with van der Waals surface area (Å²) in [5.74, 6) is 0.105. The number of ether oxygens (including phenoxy) is 2. The summed E-state index contributed by atoms with van der Waals surface area (Å²) in [7, 11) is 1.75. The van der Waals surface area contributed by atoms with Crippen molar-refractivity contribution in [2.24, 2.45) is 0 Å². The fraction of sp³-hybridized carbons (Fsp3) is 0.333.